The molecular formula is C22H24FN5O2S. The fourth-order valence-corrected chi connectivity index (χ4v) is 4.61. The van der Waals surface area contributed by atoms with E-state index in [4.69, 9.17) is 0 Å². The highest BCUT2D eigenvalue weighted by molar-refractivity contribution is 7.92. The van der Waals surface area contributed by atoms with E-state index in [1.807, 2.05) is 13.0 Å². The van der Waals surface area contributed by atoms with E-state index >= 15 is 0 Å². The molecule has 1 fully saturated rings. The molecule has 162 valence electrons. The van der Waals surface area contributed by atoms with Gasteiger partial charge in [-0.25, -0.2) is 22.8 Å². The quantitative estimate of drug-likeness (QED) is 0.587. The van der Waals surface area contributed by atoms with E-state index in [9.17, 15) is 12.8 Å². The number of halogens is 1. The molecule has 0 unspecified atom stereocenters. The number of nitrogens with one attached hydrogen (secondary N) is 2. The maximum Gasteiger partial charge on any atom is 0.261 e. The van der Waals surface area contributed by atoms with Gasteiger partial charge in [-0.1, -0.05) is 6.07 Å². The van der Waals surface area contributed by atoms with Crippen LogP contribution in [-0.4, -0.2) is 31.5 Å². The molecule has 1 aliphatic heterocycles. The predicted octanol–water partition coefficient (Wildman–Crippen LogP) is 4.46. The summed E-state index contributed by atoms with van der Waals surface area (Å²) in [7, 11) is -3.87. The summed E-state index contributed by atoms with van der Waals surface area (Å²) in [5.74, 6) is 1.67. The van der Waals surface area contributed by atoms with Gasteiger partial charge in [-0.3, -0.25) is 4.72 Å². The highest BCUT2D eigenvalue weighted by atomic mass is 32.2. The van der Waals surface area contributed by atoms with Crippen LogP contribution in [0.15, 0.2) is 59.5 Å². The Balaban J connectivity index is 1.47. The molecule has 2 N–H and O–H groups in total. The summed E-state index contributed by atoms with van der Waals surface area (Å²) in [5.41, 5.74) is 1.14. The molecule has 4 rings (SSSR count). The van der Waals surface area contributed by atoms with Crippen molar-refractivity contribution in [2.24, 2.45) is 0 Å². The highest BCUT2D eigenvalue weighted by Crippen LogP contribution is 2.24. The summed E-state index contributed by atoms with van der Waals surface area (Å²) in [4.78, 5) is 11.2. The molecule has 0 bridgehead atoms. The molecule has 0 aliphatic carbocycles. The van der Waals surface area contributed by atoms with Crippen LogP contribution in [0.2, 0.25) is 0 Å². The lowest BCUT2D eigenvalue weighted by molar-refractivity contribution is 0.572. The van der Waals surface area contributed by atoms with Gasteiger partial charge in [-0.2, -0.15) is 0 Å². The van der Waals surface area contributed by atoms with Gasteiger partial charge in [0.15, 0.2) is 0 Å². The van der Waals surface area contributed by atoms with Crippen LogP contribution in [0.25, 0.3) is 0 Å². The number of anilines is 4. The minimum absolute atomic E-state index is 0.128. The van der Waals surface area contributed by atoms with Crippen LogP contribution in [0.5, 0.6) is 0 Å². The summed E-state index contributed by atoms with van der Waals surface area (Å²) in [6.45, 7) is 3.86. The molecular weight excluding hydrogens is 417 g/mol. The number of aromatic nitrogens is 2. The van der Waals surface area contributed by atoms with Crippen molar-refractivity contribution >= 4 is 33.0 Å². The molecule has 9 heteroatoms. The second kappa shape index (κ2) is 8.89. The summed E-state index contributed by atoms with van der Waals surface area (Å²) in [6, 6.07) is 13.6. The molecule has 0 spiro atoms. The molecule has 3 aromatic rings. The zero-order valence-electron chi connectivity index (χ0n) is 17.2. The fraction of sp³-hybridized carbons (Fsp3) is 0.273. The van der Waals surface area contributed by atoms with Crippen molar-refractivity contribution in [2.75, 3.05) is 28.0 Å². The van der Waals surface area contributed by atoms with Gasteiger partial charge in [-0.15, -0.1) is 0 Å². The van der Waals surface area contributed by atoms with Crippen LogP contribution in [0.3, 0.4) is 0 Å². The number of nitrogens with zero attached hydrogens (tertiary/aromatic N) is 3. The number of sulfonamides is 1. The molecule has 2 heterocycles. The molecule has 0 saturated carbocycles. The van der Waals surface area contributed by atoms with E-state index in [2.05, 4.69) is 24.9 Å². The molecule has 1 aliphatic rings. The van der Waals surface area contributed by atoms with Crippen molar-refractivity contribution in [3.63, 3.8) is 0 Å². The van der Waals surface area contributed by atoms with E-state index in [1.165, 1.54) is 37.5 Å². The number of hydrogen-bond acceptors (Lipinski definition) is 6. The Morgan fingerprint density at radius 2 is 1.65 bits per heavy atom. The first-order valence-corrected chi connectivity index (χ1v) is 11.6. The number of benzene rings is 2. The normalized spacial score (nSPS) is 14.3. The van der Waals surface area contributed by atoms with Gasteiger partial charge < -0.3 is 10.2 Å². The number of piperidine rings is 1. The van der Waals surface area contributed by atoms with E-state index in [0.717, 1.165) is 30.7 Å². The molecule has 0 atom stereocenters. The van der Waals surface area contributed by atoms with Crippen molar-refractivity contribution in [2.45, 2.75) is 31.1 Å². The van der Waals surface area contributed by atoms with Crippen molar-refractivity contribution in [3.8, 4) is 0 Å². The van der Waals surface area contributed by atoms with Crippen molar-refractivity contribution in [3.05, 3.63) is 66.2 Å². The largest absolute Gasteiger partial charge is 0.356 e. The van der Waals surface area contributed by atoms with Gasteiger partial charge in [0.05, 0.1) is 4.90 Å². The van der Waals surface area contributed by atoms with E-state index in [-0.39, 0.29) is 4.90 Å². The summed E-state index contributed by atoms with van der Waals surface area (Å²) in [5, 5.41) is 3.25. The second-order valence-electron chi connectivity index (χ2n) is 7.47. The Kier molecular flexibility index (Phi) is 6.03. The Morgan fingerprint density at radius 1 is 0.935 bits per heavy atom. The summed E-state index contributed by atoms with van der Waals surface area (Å²) < 4.78 is 40.7. The van der Waals surface area contributed by atoms with Gasteiger partial charge in [0.25, 0.3) is 10.0 Å². The van der Waals surface area contributed by atoms with Gasteiger partial charge in [0.2, 0.25) is 0 Å². The Hall–Kier alpha value is -3.20. The SMILES string of the molecule is Cc1nc(Nc2ccc(NS(=O)(=O)c3cccc(F)c3)cc2)cc(N2CCCCC2)n1. The lowest BCUT2D eigenvalue weighted by atomic mass is 10.1. The highest BCUT2D eigenvalue weighted by Gasteiger charge is 2.16. The van der Waals surface area contributed by atoms with Crippen LogP contribution in [0, 0.1) is 12.7 Å². The van der Waals surface area contributed by atoms with Crippen LogP contribution < -0.4 is 14.9 Å². The third-order valence-electron chi connectivity index (χ3n) is 5.02. The monoisotopic (exact) mass is 441 g/mol. The minimum atomic E-state index is -3.87. The Morgan fingerprint density at radius 3 is 2.35 bits per heavy atom. The summed E-state index contributed by atoms with van der Waals surface area (Å²) in [6.07, 6.45) is 3.58. The van der Waals surface area contributed by atoms with Gasteiger partial charge >= 0.3 is 0 Å². The topological polar surface area (TPSA) is 87.2 Å². The molecule has 2 aromatic carbocycles. The zero-order chi connectivity index (χ0) is 21.8. The van der Waals surface area contributed by atoms with Gasteiger partial charge in [0, 0.05) is 30.5 Å². The first kappa shape index (κ1) is 21.0. The number of aryl methyl sites for hydroxylation is 1. The summed E-state index contributed by atoms with van der Waals surface area (Å²) >= 11 is 0. The average molecular weight is 442 g/mol. The number of rotatable bonds is 6. The predicted molar refractivity (Wildman–Crippen MR) is 120 cm³/mol. The molecule has 0 radical (unpaired) electrons. The molecule has 31 heavy (non-hydrogen) atoms. The van der Waals surface area contributed by atoms with E-state index in [1.54, 1.807) is 24.3 Å². The molecule has 1 aromatic heterocycles. The molecule has 0 amide bonds. The Bertz CT molecular complexity index is 1160. The Labute approximate surface area is 181 Å². The smallest absolute Gasteiger partial charge is 0.261 e. The lowest BCUT2D eigenvalue weighted by Crippen LogP contribution is -2.30. The molecule has 1 saturated heterocycles. The third-order valence-corrected chi connectivity index (χ3v) is 6.40. The van der Waals surface area contributed by atoms with Gasteiger partial charge in [-0.05, 0) is 68.7 Å². The van der Waals surface area contributed by atoms with E-state index in [0.29, 0.717) is 17.3 Å². The molecule has 7 nitrogen and oxygen atoms in total. The third kappa shape index (κ3) is 5.29. The van der Waals surface area contributed by atoms with E-state index < -0.39 is 15.8 Å². The first-order chi connectivity index (χ1) is 14.9. The first-order valence-electron chi connectivity index (χ1n) is 10.2. The number of hydrogen-bond donors (Lipinski definition) is 2. The van der Waals surface area contributed by atoms with Crippen LogP contribution >= 0.6 is 0 Å². The lowest BCUT2D eigenvalue weighted by Gasteiger charge is -2.28. The maximum absolute atomic E-state index is 13.4. The second-order valence-corrected chi connectivity index (χ2v) is 9.15. The van der Waals surface area contributed by atoms with Crippen LogP contribution in [0.1, 0.15) is 25.1 Å². The maximum atomic E-state index is 13.4. The van der Waals surface area contributed by atoms with Gasteiger partial charge in [0.1, 0.15) is 23.3 Å². The van der Waals surface area contributed by atoms with Crippen molar-refractivity contribution < 1.29 is 12.8 Å². The van der Waals surface area contributed by atoms with Crippen LogP contribution in [-0.2, 0) is 10.0 Å². The van der Waals surface area contributed by atoms with Crippen molar-refractivity contribution in [1.29, 1.82) is 0 Å². The standard InChI is InChI=1S/C22H24FN5O2S/c1-16-24-21(15-22(25-16)28-12-3-2-4-13-28)26-18-8-10-19(11-9-18)27-31(29,30)20-7-5-6-17(23)14-20/h5-11,14-15,27H,2-4,12-13H2,1H3,(H,24,25,26). The average Bonchev–Trinajstić information content (AvgIpc) is 2.75. The fourth-order valence-electron chi connectivity index (χ4n) is 3.52. The minimum Gasteiger partial charge on any atom is -0.356 e. The van der Waals surface area contributed by atoms with Crippen LogP contribution in [0.4, 0.5) is 27.4 Å². The zero-order valence-corrected chi connectivity index (χ0v) is 18.0. The van der Waals surface area contributed by atoms with Crippen molar-refractivity contribution in [1.82, 2.24) is 9.97 Å².